The molecule has 0 bridgehead atoms. The van der Waals surface area contributed by atoms with Crippen molar-refractivity contribution in [2.75, 3.05) is 0 Å². The number of halogens is 2. The fourth-order valence-electron chi connectivity index (χ4n) is 2.08. The van der Waals surface area contributed by atoms with Crippen molar-refractivity contribution in [2.24, 2.45) is 0 Å². The zero-order chi connectivity index (χ0) is 12.2. The summed E-state index contributed by atoms with van der Waals surface area (Å²) in [6.07, 6.45) is 2.88. The fraction of sp³-hybridized carbons (Fsp3) is 0.538. The molecule has 1 aromatic carbocycles. The van der Waals surface area contributed by atoms with Gasteiger partial charge in [-0.2, -0.15) is 0 Å². The maximum atomic E-state index is 13.2. The van der Waals surface area contributed by atoms with Gasteiger partial charge < -0.3 is 5.11 Å². The molecule has 1 N–H and O–H groups in total. The molecule has 0 unspecified atom stereocenters. The van der Waals surface area contributed by atoms with E-state index in [0.717, 1.165) is 12.8 Å². The molecular weight excluding hydrogens is 227 g/mol. The smallest absolute Gasteiger partial charge is 0.123 e. The number of aliphatic hydroxyl groups is 1. The predicted octanol–water partition coefficient (Wildman–Crippen LogP) is 4.27. The second-order valence-corrected chi connectivity index (χ2v) is 4.56. The first-order chi connectivity index (χ1) is 7.53. The summed E-state index contributed by atoms with van der Waals surface area (Å²) in [6.45, 7) is 3.99. The summed E-state index contributed by atoms with van der Waals surface area (Å²) < 4.78 is 13.2. The van der Waals surface area contributed by atoms with Crippen LogP contribution in [-0.4, -0.2) is 5.11 Å². The number of benzene rings is 1. The second kappa shape index (κ2) is 5.65. The summed E-state index contributed by atoms with van der Waals surface area (Å²) in [5.41, 5.74) is -0.485. The van der Waals surface area contributed by atoms with Crippen LogP contribution in [-0.2, 0) is 5.60 Å². The van der Waals surface area contributed by atoms with Gasteiger partial charge in [-0.15, -0.1) is 0 Å². The molecule has 0 amide bonds. The molecule has 3 heteroatoms. The quantitative estimate of drug-likeness (QED) is 0.820. The van der Waals surface area contributed by atoms with Crippen molar-refractivity contribution in [3.63, 3.8) is 0 Å². The number of rotatable bonds is 5. The van der Waals surface area contributed by atoms with Crippen molar-refractivity contribution in [3.05, 3.63) is 34.6 Å². The van der Waals surface area contributed by atoms with Crippen LogP contribution >= 0.6 is 11.6 Å². The Hall–Kier alpha value is -0.600. The van der Waals surface area contributed by atoms with Gasteiger partial charge in [-0.05, 0) is 31.0 Å². The van der Waals surface area contributed by atoms with Crippen LogP contribution < -0.4 is 0 Å². The second-order valence-electron chi connectivity index (χ2n) is 4.16. The van der Waals surface area contributed by atoms with Crippen molar-refractivity contribution in [2.45, 2.75) is 45.1 Å². The molecule has 0 fully saturated rings. The average Bonchev–Trinajstić information content (AvgIpc) is 2.22. The molecule has 0 saturated carbocycles. The zero-order valence-corrected chi connectivity index (χ0v) is 10.5. The third-order valence-corrected chi connectivity index (χ3v) is 3.09. The Bertz CT molecular complexity index is 346. The van der Waals surface area contributed by atoms with Gasteiger partial charge in [-0.3, -0.25) is 0 Å². The van der Waals surface area contributed by atoms with Gasteiger partial charge in [-0.25, -0.2) is 4.39 Å². The molecule has 16 heavy (non-hydrogen) atoms. The Morgan fingerprint density at radius 1 is 1.25 bits per heavy atom. The van der Waals surface area contributed by atoms with Crippen LogP contribution in [0.4, 0.5) is 4.39 Å². The van der Waals surface area contributed by atoms with E-state index in [4.69, 9.17) is 11.6 Å². The van der Waals surface area contributed by atoms with Gasteiger partial charge in [0.2, 0.25) is 0 Å². The van der Waals surface area contributed by atoms with Gasteiger partial charge in [0.05, 0.1) is 5.60 Å². The van der Waals surface area contributed by atoms with E-state index >= 15 is 0 Å². The Morgan fingerprint density at radius 3 is 2.31 bits per heavy atom. The molecule has 90 valence electrons. The van der Waals surface area contributed by atoms with Crippen molar-refractivity contribution in [1.82, 2.24) is 0 Å². The lowest BCUT2D eigenvalue weighted by Gasteiger charge is -2.29. The van der Waals surface area contributed by atoms with E-state index in [1.54, 1.807) is 0 Å². The molecule has 0 aliphatic carbocycles. The first-order valence-corrected chi connectivity index (χ1v) is 6.09. The largest absolute Gasteiger partial charge is 0.385 e. The summed E-state index contributed by atoms with van der Waals surface area (Å²) in [6, 6.07) is 4.15. The maximum absolute atomic E-state index is 13.2. The van der Waals surface area contributed by atoms with Crippen LogP contribution in [0.15, 0.2) is 18.2 Å². The van der Waals surface area contributed by atoms with Gasteiger partial charge in [0, 0.05) is 10.6 Å². The molecule has 0 heterocycles. The Morgan fingerprint density at radius 2 is 1.81 bits per heavy atom. The molecule has 0 aromatic heterocycles. The molecule has 0 atom stereocenters. The van der Waals surface area contributed by atoms with Gasteiger partial charge >= 0.3 is 0 Å². The molecule has 0 aliphatic rings. The van der Waals surface area contributed by atoms with Crippen LogP contribution in [0.1, 0.15) is 45.1 Å². The highest BCUT2D eigenvalue weighted by atomic mass is 35.5. The van der Waals surface area contributed by atoms with Crippen LogP contribution in [0, 0.1) is 5.82 Å². The van der Waals surface area contributed by atoms with Crippen LogP contribution in [0.5, 0.6) is 0 Å². The summed E-state index contributed by atoms with van der Waals surface area (Å²) >= 11 is 6.03. The topological polar surface area (TPSA) is 20.2 Å². The number of hydrogen-bond acceptors (Lipinski definition) is 1. The van der Waals surface area contributed by atoms with E-state index in [1.807, 2.05) is 13.8 Å². The maximum Gasteiger partial charge on any atom is 0.123 e. The van der Waals surface area contributed by atoms with Gasteiger partial charge in [0.1, 0.15) is 5.82 Å². The summed E-state index contributed by atoms with van der Waals surface area (Å²) in [5.74, 6) is -0.356. The minimum atomic E-state index is -0.997. The molecule has 0 radical (unpaired) electrons. The minimum absolute atomic E-state index is 0.356. The molecule has 0 aliphatic heterocycles. The summed E-state index contributed by atoms with van der Waals surface area (Å²) in [5, 5.41) is 11.0. The Labute approximate surface area is 101 Å². The standard InChI is InChI=1S/C13H18ClFO/c1-3-7-13(16,8-4-2)11-9-10(15)5-6-12(11)14/h5-6,9,16H,3-4,7-8H2,1-2H3. The highest BCUT2D eigenvalue weighted by Crippen LogP contribution is 2.36. The Balaban J connectivity index is 3.14. The lowest BCUT2D eigenvalue weighted by molar-refractivity contribution is 0.0168. The van der Waals surface area contributed by atoms with E-state index in [2.05, 4.69) is 0 Å². The molecule has 1 nitrogen and oxygen atoms in total. The van der Waals surface area contributed by atoms with E-state index in [1.165, 1.54) is 18.2 Å². The van der Waals surface area contributed by atoms with Crippen molar-refractivity contribution < 1.29 is 9.50 Å². The first-order valence-electron chi connectivity index (χ1n) is 5.71. The zero-order valence-electron chi connectivity index (χ0n) is 9.76. The third-order valence-electron chi connectivity index (χ3n) is 2.76. The molecule has 0 saturated heterocycles. The third kappa shape index (κ3) is 2.96. The molecule has 1 rings (SSSR count). The normalized spacial score (nSPS) is 11.8. The van der Waals surface area contributed by atoms with Gasteiger partial charge in [0.15, 0.2) is 0 Å². The van der Waals surface area contributed by atoms with Crippen molar-refractivity contribution in [1.29, 1.82) is 0 Å². The predicted molar refractivity (Wildman–Crippen MR) is 65.1 cm³/mol. The molecule has 1 aromatic rings. The van der Waals surface area contributed by atoms with Gasteiger partial charge in [-0.1, -0.05) is 38.3 Å². The highest BCUT2D eigenvalue weighted by Gasteiger charge is 2.29. The average molecular weight is 245 g/mol. The van der Waals surface area contributed by atoms with Crippen molar-refractivity contribution >= 4 is 11.6 Å². The van der Waals surface area contributed by atoms with E-state index in [9.17, 15) is 9.50 Å². The van der Waals surface area contributed by atoms with E-state index in [-0.39, 0.29) is 5.82 Å². The summed E-state index contributed by atoms with van der Waals surface area (Å²) in [4.78, 5) is 0. The van der Waals surface area contributed by atoms with Crippen molar-refractivity contribution in [3.8, 4) is 0 Å². The Kier molecular flexibility index (Phi) is 4.75. The van der Waals surface area contributed by atoms with Crippen LogP contribution in [0.2, 0.25) is 5.02 Å². The lowest BCUT2D eigenvalue weighted by atomic mass is 9.85. The van der Waals surface area contributed by atoms with E-state index in [0.29, 0.717) is 23.4 Å². The number of hydrogen-bond donors (Lipinski definition) is 1. The SMILES string of the molecule is CCCC(O)(CCC)c1cc(F)ccc1Cl. The summed E-state index contributed by atoms with van der Waals surface area (Å²) in [7, 11) is 0. The van der Waals surface area contributed by atoms with Crippen LogP contribution in [0.25, 0.3) is 0 Å². The molecule has 0 spiro atoms. The monoisotopic (exact) mass is 244 g/mol. The van der Waals surface area contributed by atoms with Crippen LogP contribution in [0.3, 0.4) is 0 Å². The minimum Gasteiger partial charge on any atom is -0.385 e. The fourth-order valence-corrected chi connectivity index (χ4v) is 2.37. The first kappa shape index (κ1) is 13.5. The molecular formula is C13H18ClFO. The highest BCUT2D eigenvalue weighted by molar-refractivity contribution is 6.31. The van der Waals surface area contributed by atoms with E-state index < -0.39 is 5.60 Å². The van der Waals surface area contributed by atoms with Gasteiger partial charge in [0.25, 0.3) is 0 Å². The lowest BCUT2D eigenvalue weighted by Crippen LogP contribution is -2.26.